The molecule has 3 aromatic rings. The Bertz CT molecular complexity index is 1250. The molecule has 0 radical (unpaired) electrons. The minimum atomic E-state index is -3.86. The molecule has 3 rings (SSSR count). The van der Waals surface area contributed by atoms with Crippen LogP contribution >= 0.6 is 24.0 Å². The van der Waals surface area contributed by atoms with Gasteiger partial charge in [0.2, 0.25) is 9.84 Å². The van der Waals surface area contributed by atoms with E-state index in [1.807, 2.05) is 6.07 Å². The normalized spacial score (nSPS) is 12.0. The number of aliphatic hydroxyl groups is 1. The maximum absolute atomic E-state index is 13.0. The second-order valence-corrected chi connectivity index (χ2v) is 10.1. The van der Waals surface area contributed by atoms with Gasteiger partial charge in [0.1, 0.15) is 5.75 Å². The molecule has 7 nitrogen and oxygen atoms in total. The predicted octanol–water partition coefficient (Wildman–Crippen LogP) is 3.92. The Labute approximate surface area is 216 Å². The fourth-order valence-corrected chi connectivity index (χ4v) is 4.88. The van der Waals surface area contributed by atoms with Crippen LogP contribution in [0.15, 0.2) is 76.5 Å². The van der Waals surface area contributed by atoms with Crippen LogP contribution in [-0.4, -0.2) is 44.2 Å². The van der Waals surface area contributed by atoms with Crippen LogP contribution < -0.4 is 10.6 Å². The van der Waals surface area contributed by atoms with E-state index in [-0.39, 0.29) is 33.5 Å². The summed E-state index contributed by atoms with van der Waals surface area (Å²) in [5.41, 5.74) is 1.57. The fourth-order valence-electron chi connectivity index (χ4n) is 3.39. The van der Waals surface area contributed by atoms with Crippen molar-refractivity contribution in [3.8, 4) is 5.75 Å². The van der Waals surface area contributed by atoms with Gasteiger partial charge in [-0.25, -0.2) is 8.42 Å². The molecule has 0 heterocycles. The molecule has 0 saturated carbocycles. The van der Waals surface area contributed by atoms with E-state index in [9.17, 15) is 23.4 Å². The molecule has 0 unspecified atom stereocenters. The van der Waals surface area contributed by atoms with Gasteiger partial charge in [-0.3, -0.25) is 4.79 Å². The van der Waals surface area contributed by atoms with Crippen LogP contribution in [0.2, 0.25) is 5.02 Å². The molecule has 0 saturated heterocycles. The number of rotatable bonds is 10. The number of halogens is 2. The van der Waals surface area contributed by atoms with Crippen molar-refractivity contribution in [2.75, 3.05) is 19.6 Å². The van der Waals surface area contributed by atoms with Crippen molar-refractivity contribution in [3.63, 3.8) is 0 Å². The molecule has 4 N–H and O–H groups in total. The Morgan fingerprint density at radius 3 is 2.37 bits per heavy atom. The van der Waals surface area contributed by atoms with E-state index < -0.39 is 21.8 Å². The molecule has 188 valence electrons. The second-order valence-electron chi connectivity index (χ2n) is 7.71. The average Bonchev–Trinajstić information content (AvgIpc) is 2.82. The first kappa shape index (κ1) is 28.6. The van der Waals surface area contributed by atoms with E-state index in [4.69, 9.17) is 11.6 Å². The van der Waals surface area contributed by atoms with Crippen LogP contribution in [0.25, 0.3) is 0 Å². The summed E-state index contributed by atoms with van der Waals surface area (Å²) in [6.45, 7) is 3.04. The minimum Gasteiger partial charge on any atom is -0.507 e. The van der Waals surface area contributed by atoms with Gasteiger partial charge in [0.15, 0.2) is 0 Å². The predicted molar refractivity (Wildman–Crippen MR) is 138 cm³/mol. The lowest BCUT2D eigenvalue weighted by molar-refractivity contribution is 0.0953. The third-order valence-corrected chi connectivity index (χ3v) is 7.26. The molecule has 1 atom stereocenters. The smallest absolute Gasteiger partial charge is 0.255 e. The third-order valence-electron chi connectivity index (χ3n) is 5.26. The van der Waals surface area contributed by atoms with Crippen LogP contribution in [0.3, 0.4) is 0 Å². The molecule has 3 aromatic carbocycles. The molecule has 0 aliphatic rings. The number of benzene rings is 3. The fraction of sp³-hybridized carbons (Fsp3) is 0.240. The molecular weight excluding hydrogens is 511 g/mol. The molecule has 10 heteroatoms. The van der Waals surface area contributed by atoms with Crippen molar-refractivity contribution in [2.45, 2.75) is 29.2 Å². The molecule has 0 aliphatic heterocycles. The standard InChI is InChI=1S/C25H27ClN2O5S.ClH/c1-2-28-25(31)22-15-21(10-11-23(22)29)34(32,33)20-8-6-17(7-9-20)12-13-27-16-24(30)18-4-3-5-19(26)14-18;/h3-11,14-15,24,27,29-30H,2,12-13,16H2,1H3,(H,28,31);1H/t24-;/m1./s1. The van der Waals surface area contributed by atoms with Crippen LogP contribution in [0.4, 0.5) is 0 Å². The highest BCUT2D eigenvalue weighted by Crippen LogP contribution is 2.26. The van der Waals surface area contributed by atoms with E-state index in [1.165, 1.54) is 30.3 Å². The second kappa shape index (κ2) is 12.9. The van der Waals surface area contributed by atoms with Gasteiger partial charge in [-0.05, 0) is 73.5 Å². The number of phenols is 1. The third kappa shape index (κ3) is 7.43. The molecule has 35 heavy (non-hydrogen) atoms. The van der Waals surface area contributed by atoms with Gasteiger partial charge in [0.05, 0.1) is 21.5 Å². The van der Waals surface area contributed by atoms with Crippen molar-refractivity contribution in [2.24, 2.45) is 0 Å². The number of amides is 1. The summed E-state index contributed by atoms with van der Waals surface area (Å²) < 4.78 is 26.0. The maximum Gasteiger partial charge on any atom is 0.255 e. The highest BCUT2D eigenvalue weighted by atomic mass is 35.5. The quantitative estimate of drug-likeness (QED) is 0.291. The zero-order chi connectivity index (χ0) is 24.7. The first-order valence-corrected chi connectivity index (χ1v) is 12.7. The van der Waals surface area contributed by atoms with Crippen molar-refractivity contribution in [1.82, 2.24) is 10.6 Å². The summed E-state index contributed by atoms with van der Waals surface area (Å²) in [7, 11) is -3.86. The van der Waals surface area contributed by atoms with E-state index in [1.54, 1.807) is 37.3 Å². The first-order valence-electron chi connectivity index (χ1n) is 10.8. The number of carbonyl (C=O) groups is 1. The van der Waals surface area contributed by atoms with Gasteiger partial charge in [-0.1, -0.05) is 35.9 Å². The number of sulfone groups is 1. The Hall–Kier alpha value is -2.62. The summed E-state index contributed by atoms with van der Waals surface area (Å²) in [5, 5.41) is 26.5. The van der Waals surface area contributed by atoms with Gasteiger partial charge in [-0.15, -0.1) is 12.4 Å². The number of aliphatic hydroxyl groups excluding tert-OH is 1. The highest BCUT2D eigenvalue weighted by molar-refractivity contribution is 7.91. The van der Waals surface area contributed by atoms with Crippen molar-refractivity contribution >= 4 is 39.8 Å². The zero-order valence-corrected chi connectivity index (χ0v) is 21.5. The molecule has 0 bridgehead atoms. The van der Waals surface area contributed by atoms with Crippen molar-refractivity contribution in [1.29, 1.82) is 0 Å². The SMILES string of the molecule is CCNC(=O)c1cc(S(=O)(=O)c2ccc(CCNC[C@@H](O)c3cccc(Cl)c3)cc2)ccc1O.Cl. The summed E-state index contributed by atoms with van der Waals surface area (Å²) >= 11 is 5.95. The summed E-state index contributed by atoms with van der Waals surface area (Å²) in [4.78, 5) is 12.1. The Morgan fingerprint density at radius 1 is 1.03 bits per heavy atom. The van der Waals surface area contributed by atoms with Gasteiger partial charge in [0, 0.05) is 18.1 Å². The average molecular weight is 539 g/mol. The number of nitrogens with one attached hydrogen (secondary N) is 2. The molecule has 0 spiro atoms. The molecule has 0 aromatic heterocycles. The minimum absolute atomic E-state index is 0. The van der Waals surface area contributed by atoms with E-state index in [0.29, 0.717) is 31.1 Å². The topological polar surface area (TPSA) is 116 Å². The van der Waals surface area contributed by atoms with E-state index >= 15 is 0 Å². The molecule has 0 aliphatic carbocycles. The van der Waals surface area contributed by atoms with Crippen LogP contribution in [0.5, 0.6) is 5.75 Å². The van der Waals surface area contributed by atoms with Crippen molar-refractivity contribution < 1.29 is 23.4 Å². The molecular formula is C25H28Cl2N2O5S. The van der Waals surface area contributed by atoms with Gasteiger partial charge >= 0.3 is 0 Å². The first-order chi connectivity index (χ1) is 16.2. The summed E-state index contributed by atoms with van der Waals surface area (Å²) in [6.07, 6.45) is -0.0378. The maximum atomic E-state index is 13.0. The van der Waals surface area contributed by atoms with Crippen LogP contribution in [0.1, 0.15) is 34.5 Å². The van der Waals surface area contributed by atoms with Gasteiger partial charge in [-0.2, -0.15) is 0 Å². The zero-order valence-electron chi connectivity index (χ0n) is 19.1. The van der Waals surface area contributed by atoms with Gasteiger partial charge in [0.25, 0.3) is 5.91 Å². The molecule has 1 amide bonds. The van der Waals surface area contributed by atoms with Gasteiger partial charge < -0.3 is 20.8 Å². The lowest BCUT2D eigenvalue weighted by Gasteiger charge is -2.13. The lowest BCUT2D eigenvalue weighted by Crippen LogP contribution is -2.23. The van der Waals surface area contributed by atoms with Crippen molar-refractivity contribution in [3.05, 3.63) is 88.4 Å². The highest BCUT2D eigenvalue weighted by Gasteiger charge is 2.21. The molecule has 0 fully saturated rings. The number of aromatic hydroxyl groups is 1. The number of phenolic OH excluding ortho intramolecular Hbond substituents is 1. The number of hydrogen-bond acceptors (Lipinski definition) is 6. The van der Waals surface area contributed by atoms with E-state index in [0.717, 1.165) is 11.1 Å². The van der Waals surface area contributed by atoms with Crippen LogP contribution in [0, 0.1) is 0 Å². The Kier molecular flexibility index (Phi) is 10.5. The van der Waals surface area contributed by atoms with Crippen LogP contribution in [-0.2, 0) is 16.3 Å². The number of carbonyl (C=O) groups excluding carboxylic acids is 1. The summed E-state index contributed by atoms with van der Waals surface area (Å²) in [5.74, 6) is -0.825. The largest absolute Gasteiger partial charge is 0.507 e. The lowest BCUT2D eigenvalue weighted by atomic mass is 10.1. The number of hydrogen-bond donors (Lipinski definition) is 4. The Balaban J connectivity index is 0.00000432. The van der Waals surface area contributed by atoms with E-state index in [2.05, 4.69) is 10.6 Å². The monoisotopic (exact) mass is 538 g/mol. The summed E-state index contributed by atoms with van der Waals surface area (Å²) in [6, 6.07) is 17.2. The Morgan fingerprint density at radius 2 is 1.71 bits per heavy atom.